The van der Waals surface area contributed by atoms with Crippen molar-refractivity contribution in [2.24, 2.45) is 0 Å². The molecule has 3 rings (SSSR count). The van der Waals surface area contributed by atoms with Crippen molar-refractivity contribution in [2.75, 3.05) is 31.1 Å². The molecule has 1 saturated heterocycles. The number of para-hydroxylation sites is 1. The molecule has 0 amide bonds. The maximum atomic E-state index is 6.26. The summed E-state index contributed by atoms with van der Waals surface area (Å²) in [6, 6.07) is 12.2. The lowest BCUT2D eigenvalue weighted by molar-refractivity contribution is 0.393. The zero-order valence-corrected chi connectivity index (χ0v) is 13.3. The standard InChI is InChI=1S/C15H15ClN2S2/c16-12-4-1-2-5-13(12)17-7-9-18(10-8-17)15(19)14-6-3-11-20-14/h1-6,11H,7-10H2. The SMILES string of the molecule is S=C(c1cccs1)N1CCN(c2ccccc2Cl)CC1. The van der Waals surface area contributed by atoms with E-state index >= 15 is 0 Å². The minimum Gasteiger partial charge on any atom is -0.367 e. The van der Waals surface area contributed by atoms with E-state index in [2.05, 4.69) is 27.3 Å². The minimum atomic E-state index is 0.821. The summed E-state index contributed by atoms with van der Waals surface area (Å²) in [6.07, 6.45) is 0. The second kappa shape index (κ2) is 6.12. The monoisotopic (exact) mass is 322 g/mol. The van der Waals surface area contributed by atoms with Gasteiger partial charge in [0.15, 0.2) is 0 Å². The first-order valence-electron chi connectivity index (χ1n) is 6.58. The summed E-state index contributed by atoms with van der Waals surface area (Å²) >= 11 is 13.5. The number of hydrogen-bond acceptors (Lipinski definition) is 3. The topological polar surface area (TPSA) is 6.48 Å². The molecule has 0 saturated carbocycles. The molecule has 104 valence electrons. The molecular weight excluding hydrogens is 308 g/mol. The molecule has 1 aliphatic rings. The largest absolute Gasteiger partial charge is 0.367 e. The second-order valence-corrected chi connectivity index (χ2v) is 6.45. The van der Waals surface area contributed by atoms with Crippen LogP contribution in [0.4, 0.5) is 5.69 Å². The number of thiocarbonyl (C=S) groups is 1. The van der Waals surface area contributed by atoms with Crippen molar-refractivity contribution in [1.82, 2.24) is 4.90 Å². The molecule has 1 fully saturated rings. The van der Waals surface area contributed by atoms with Crippen molar-refractivity contribution >= 4 is 45.8 Å². The van der Waals surface area contributed by atoms with E-state index in [1.165, 1.54) is 4.88 Å². The van der Waals surface area contributed by atoms with Gasteiger partial charge in [-0.1, -0.05) is 42.0 Å². The highest BCUT2D eigenvalue weighted by Gasteiger charge is 2.21. The van der Waals surface area contributed by atoms with Gasteiger partial charge in [0, 0.05) is 26.2 Å². The van der Waals surface area contributed by atoms with Crippen LogP contribution in [0.15, 0.2) is 41.8 Å². The van der Waals surface area contributed by atoms with Crippen LogP contribution in [-0.4, -0.2) is 36.1 Å². The molecule has 0 radical (unpaired) electrons. The van der Waals surface area contributed by atoms with Gasteiger partial charge in [-0.25, -0.2) is 0 Å². The average Bonchev–Trinajstić information content (AvgIpc) is 3.01. The lowest BCUT2D eigenvalue weighted by Crippen LogP contribution is -2.48. The van der Waals surface area contributed by atoms with Crippen LogP contribution in [0.1, 0.15) is 4.88 Å². The second-order valence-electron chi connectivity index (χ2n) is 4.71. The van der Waals surface area contributed by atoms with E-state index in [0.717, 1.165) is 41.9 Å². The third-order valence-corrected chi connectivity index (χ3v) is 5.30. The number of benzene rings is 1. The van der Waals surface area contributed by atoms with Gasteiger partial charge in [0.05, 0.1) is 15.6 Å². The molecule has 20 heavy (non-hydrogen) atoms. The zero-order valence-electron chi connectivity index (χ0n) is 11.0. The van der Waals surface area contributed by atoms with E-state index in [9.17, 15) is 0 Å². The van der Waals surface area contributed by atoms with E-state index in [0.29, 0.717) is 0 Å². The van der Waals surface area contributed by atoms with Gasteiger partial charge >= 0.3 is 0 Å². The van der Waals surface area contributed by atoms with Gasteiger partial charge < -0.3 is 9.80 Å². The van der Waals surface area contributed by atoms with Crippen LogP contribution in [-0.2, 0) is 0 Å². The average molecular weight is 323 g/mol. The van der Waals surface area contributed by atoms with Gasteiger partial charge in [-0.3, -0.25) is 0 Å². The van der Waals surface area contributed by atoms with Gasteiger partial charge in [-0.05, 0) is 23.6 Å². The zero-order chi connectivity index (χ0) is 13.9. The molecule has 0 bridgehead atoms. The fourth-order valence-corrected chi connectivity index (χ4v) is 3.76. The van der Waals surface area contributed by atoms with Crippen LogP contribution < -0.4 is 4.90 Å². The lowest BCUT2D eigenvalue weighted by atomic mass is 10.2. The summed E-state index contributed by atoms with van der Waals surface area (Å²) in [5.41, 5.74) is 1.12. The van der Waals surface area contributed by atoms with Crippen LogP contribution in [0, 0.1) is 0 Å². The van der Waals surface area contributed by atoms with Crippen LogP contribution >= 0.6 is 35.2 Å². The number of anilines is 1. The number of nitrogens with zero attached hydrogens (tertiary/aromatic N) is 2. The van der Waals surface area contributed by atoms with Crippen LogP contribution in [0.3, 0.4) is 0 Å². The van der Waals surface area contributed by atoms with E-state index < -0.39 is 0 Å². The summed E-state index contributed by atoms with van der Waals surface area (Å²) in [4.78, 5) is 6.77. The van der Waals surface area contributed by atoms with Gasteiger partial charge in [-0.15, -0.1) is 11.3 Å². The number of piperazine rings is 1. The molecule has 2 aromatic rings. The highest BCUT2D eigenvalue weighted by molar-refractivity contribution is 7.81. The Morgan fingerprint density at radius 3 is 2.45 bits per heavy atom. The predicted octanol–water partition coefficient (Wildman–Crippen LogP) is 3.90. The van der Waals surface area contributed by atoms with Crippen LogP contribution in [0.25, 0.3) is 0 Å². The van der Waals surface area contributed by atoms with Gasteiger partial charge in [0.25, 0.3) is 0 Å². The molecule has 0 atom stereocenters. The summed E-state index contributed by atoms with van der Waals surface area (Å²) < 4.78 is 0. The molecule has 0 aliphatic carbocycles. The Morgan fingerprint density at radius 2 is 1.80 bits per heavy atom. The van der Waals surface area contributed by atoms with Crippen molar-refractivity contribution in [1.29, 1.82) is 0 Å². The first-order chi connectivity index (χ1) is 9.75. The smallest absolute Gasteiger partial charge is 0.119 e. The van der Waals surface area contributed by atoms with E-state index in [1.807, 2.05) is 24.3 Å². The third-order valence-electron chi connectivity index (χ3n) is 3.49. The Kier molecular flexibility index (Phi) is 4.24. The molecule has 1 aliphatic heterocycles. The van der Waals surface area contributed by atoms with Crippen LogP contribution in [0.2, 0.25) is 5.02 Å². The number of halogens is 1. The van der Waals surface area contributed by atoms with Crippen molar-refractivity contribution in [3.63, 3.8) is 0 Å². The van der Waals surface area contributed by atoms with Crippen molar-refractivity contribution in [3.05, 3.63) is 51.7 Å². The first-order valence-corrected chi connectivity index (χ1v) is 8.24. The molecule has 2 nitrogen and oxygen atoms in total. The maximum Gasteiger partial charge on any atom is 0.119 e. The fourth-order valence-electron chi connectivity index (χ4n) is 2.41. The maximum absolute atomic E-state index is 6.26. The molecule has 0 spiro atoms. The number of thiophene rings is 1. The first kappa shape index (κ1) is 13.9. The lowest BCUT2D eigenvalue weighted by Gasteiger charge is -2.37. The minimum absolute atomic E-state index is 0.821. The summed E-state index contributed by atoms with van der Waals surface area (Å²) in [5, 5.41) is 2.89. The Bertz CT molecular complexity index is 590. The molecule has 2 heterocycles. The van der Waals surface area contributed by atoms with Gasteiger partial charge in [0.1, 0.15) is 4.99 Å². The van der Waals surface area contributed by atoms with Crippen molar-refractivity contribution < 1.29 is 0 Å². The fraction of sp³-hybridized carbons (Fsp3) is 0.267. The van der Waals surface area contributed by atoms with Crippen molar-refractivity contribution in [3.8, 4) is 0 Å². The van der Waals surface area contributed by atoms with Gasteiger partial charge in [0.2, 0.25) is 0 Å². The molecular formula is C15H15ClN2S2. The van der Waals surface area contributed by atoms with Gasteiger partial charge in [-0.2, -0.15) is 0 Å². The summed E-state index contributed by atoms with van der Waals surface area (Å²) in [7, 11) is 0. The Morgan fingerprint density at radius 1 is 1.05 bits per heavy atom. The Balaban J connectivity index is 1.65. The normalized spacial score (nSPS) is 15.4. The molecule has 5 heteroatoms. The van der Waals surface area contributed by atoms with E-state index in [1.54, 1.807) is 11.3 Å². The summed E-state index contributed by atoms with van der Waals surface area (Å²) in [5.74, 6) is 0. The molecule has 1 aromatic carbocycles. The quantitative estimate of drug-likeness (QED) is 0.774. The van der Waals surface area contributed by atoms with E-state index in [4.69, 9.17) is 23.8 Å². The molecule has 1 aromatic heterocycles. The Labute approximate surface area is 133 Å². The number of rotatable bonds is 2. The Hall–Kier alpha value is -1.10. The number of hydrogen-bond donors (Lipinski definition) is 0. The third kappa shape index (κ3) is 2.82. The predicted molar refractivity (Wildman–Crippen MR) is 91.3 cm³/mol. The van der Waals surface area contributed by atoms with E-state index in [-0.39, 0.29) is 0 Å². The van der Waals surface area contributed by atoms with Crippen molar-refractivity contribution in [2.45, 2.75) is 0 Å². The molecule has 0 N–H and O–H groups in total. The molecule has 0 unspecified atom stereocenters. The highest BCUT2D eigenvalue weighted by Crippen LogP contribution is 2.26. The highest BCUT2D eigenvalue weighted by atomic mass is 35.5. The summed E-state index contributed by atoms with van der Waals surface area (Å²) in [6.45, 7) is 3.80. The van der Waals surface area contributed by atoms with Crippen LogP contribution in [0.5, 0.6) is 0 Å².